The minimum Gasteiger partial charge on any atom is -0.368 e. The average Bonchev–Trinajstić information content (AvgIpc) is 3.23. The van der Waals surface area contributed by atoms with Gasteiger partial charge in [-0.25, -0.2) is 4.39 Å². The van der Waals surface area contributed by atoms with Crippen molar-refractivity contribution in [2.24, 2.45) is 5.92 Å². The summed E-state index contributed by atoms with van der Waals surface area (Å²) in [6.45, 7) is 9.77. The van der Waals surface area contributed by atoms with Gasteiger partial charge >= 0.3 is 0 Å². The number of nitrogens with one attached hydrogen (secondary N) is 1. The number of H-pyrrole nitrogens is 1. The first-order valence-corrected chi connectivity index (χ1v) is 10.5. The first kappa shape index (κ1) is 20.4. The van der Waals surface area contributed by atoms with Crippen LogP contribution in [-0.2, 0) is 13.0 Å². The molecule has 0 unspecified atom stereocenters. The van der Waals surface area contributed by atoms with E-state index in [0.717, 1.165) is 49.5 Å². The molecular formula is C22H28FN7. The van der Waals surface area contributed by atoms with Crippen LogP contribution < -0.4 is 4.90 Å². The number of piperazine rings is 1. The predicted octanol–water partition coefficient (Wildman–Crippen LogP) is 3.31. The largest absolute Gasteiger partial charge is 0.368 e. The molecule has 1 aromatic carbocycles. The fourth-order valence-corrected chi connectivity index (χ4v) is 4.12. The van der Waals surface area contributed by atoms with Gasteiger partial charge in [0.15, 0.2) is 0 Å². The molecule has 3 aromatic rings. The number of nitrogens with zero attached hydrogens (tertiary/aromatic N) is 6. The number of benzene rings is 1. The summed E-state index contributed by atoms with van der Waals surface area (Å²) in [4.78, 5) is 9.12. The Morgan fingerprint density at radius 1 is 1.23 bits per heavy atom. The van der Waals surface area contributed by atoms with E-state index in [9.17, 15) is 0 Å². The highest BCUT2D eigenvalue weighted by Crippen LogP contribution is 2.34. The van der Waals surface area contributed by atoms with Crippen LogP contribution in [0.2, 0.25) is 0 Å². The molecule has 1 N–H and O–H groups in total. The monoisotopic (exact) mass is 409 g/mol. The SMILES string of the molecule is CC(C)Cc1cc(F)c(-c2nn[nH]n2)c(N2CCN(Cc3ccccn3)[C@@H](C)C2)c1. The van der Waals surface area contributed by atoms with Crippen molar-refractivity contribution in [3.05, 3.63) is 53.6 Å². The maximum absolute atomic E-state index is 15.2. The molecule has 1 aliphatic heterocycles. The van der Waals surface area contributed by atoms with Gasteiger partial charge in [0.1, 0.15) is 5.82 Å². The van der Waals surface area contributed by atoms with Crippen molar-refractivity contribution in [2.45, 2.75) is 39.8 Å². The fraction of sp³-hybridized carbons (Fsp3) is 0.455. The maximum Gasteiger partial charge on any atom is 0.209 e. The second-order valence-electron chi connectivity index (χ2n) is 8.39. The second-order valence-corrected chi connectivity index (χ2v) is 8.39. The fourth-order valence-electron chi connectivity index (χ4n) is 4.12. The maximum atomic E-state index is 15.2. The summed E-state index contributed by atoms with van der Waals surface area (Å²) in [5, 5.41) is 14.2. The van der Waals surface area contributed by atoms with Crippen molar-refractivity contribution in [1.29, 1.82) is 0 Å². The van der Waals surface area contributed by atoms with Gasteiger partial charge < -0.3 is 4.90 Å². The van der Waals surface area contributed by atoms with E-state index in [1.165, 1.54) is 0 Å². The van der Waals surface area contributed by atoms with Gasteiger partial charge in [0.25, 0.3) is 0 Å². The van der Waals surface area contributed by atoms with E-state index in [0.29, 0.717) is 23.3 Å². The Morgan fingerprint density at radius 2 is 2.10 bits per heavy atom. The predicted molar refractivity (Wildman–Crippen MR) is 114 cm³/mol. The van der Waals surface area contributed by atoms with Gasteiger partial charge in [-0.3, -0.25) is 9.88 Å². The van der Waals surface area contributed by atoms with Gasteiger partial charge in [-0.1, -0.05) is 19.9 Å². The van der Waals surface area contributed by atoms with Crippen LogP contribution in [0.15, 0.2) is 36.5 Å². The molecule has 1 fully saturated rings. The van der Waals surface area contributed by atoms with Crippen LogP contribution in [-0.4, -0.2) is 56.2 Å². The van der Waals surface area contributed by atoms with Crippen LogP contribution in [0.1, 0.15) is 32.0 Å². The Hall–Kier alpha value is -2.87. The number of hydrogen-bond acceptors (Lipinski definition) is 6. The third kappa shape index (κ3) is 4.48. The lowest BCUT2D eigenvalue weighted by atomic mass is 9.98. The molecular weight excluding hydrogens is 381 g/mol. The van der Waals surface area contributed by atoms with Crippen molar-refractivity contribution < 1.29 is 4.39 Å². The number of aromatic amines is 1. The molecule has 8 heteroatoms. The second kappa shape index (κ2) is 8.87. The van der Waals surface area contributed by atoms with Crippen LogP contribution >= 0.6 is 0 Å². The number of aromatic nitrogens is 5. The van der Waals surface area contributed by atoms with E-state index >= 15 is 4.39 Å². The lowest BCUT2D eigenvalue weighted by molar-refractivity contribution is 0.179. The summed E-state index contributed by atoms with van der Waals surface area (Å²) in [6.07, 6.45) is 2.65. The Morgan fingerprint density at radius 3 is 2.77 bits per heavy atom. The van der Waals surface area contributed by atoms with Crippen molar-refractivity contribution in [3.8, 4) is 11.4 Å². The first-order valence-electron chi connectivity index (χ1n) is 10.5. The van der Waals surface area contributed by atoms with E-state index in [1.54, 1.807) is 6.07 Å². The molecule has 2 aromatic heterocycles. The number of tetrazole rings is 1. The van der Waals surface area contributed by atoms with Crippen LogP contribution in [0.3, 0.4) is 0 Å². The number of pyridine rings is 1. The van der Waals surface area contributed by atoms with Gasteiger partial charge in [-0.15, -0.1) is 10.2 Å². The summed E-state index contributed by atoms with van der Waals surface area (Å²) in [7, 11) is 0. The smallest absolute Gasteiger partial charge is 0.209 e. The van der Waals surface area contributed by atoms with Crippen LogP contribution in [0.4, 0.5) is 10.1 Å². The van der Waals surface area contributed by atoms with Crippen molar-refractivity contribution in [3.63, 3.8) is 0 Å². The minimum absolute atomic E-state index is 0.294. The van der Waals surface area contributed by atoms with Gasteiger partial charge in [0, 0.05) is 38.4 Å². The minimum atomic E-state index is -0.298. The molecule has 1 atom stereocenters. The van der Waals surface area contributed by atoms with E-state index in [-0.39, 0.29) is 5.82 Å². The topological polar surface area (TPSA) is 73.8 Å². The third-order valence-electron chi connectivity index (χ3n) is 5.54. The lowest BCUT2D eigenvalue weighted by Gasteiger charge is -2.41. The molecule has 0 aliphatic carbocycles. The molecule has 0 radical (unpaired) electrons. The molecule has 30 heavy (non-hydrogen) atoms. The summed E-state index contributed by atoms with van der Waals surface area (Å²) >= 11 is 0. The summed E-state index contributed by atoms with van der Waals surface area (Å²) in [6, 6.07) is 10.0. The molecule has 158 valence electrons. The normalized spacial score (nSPS) is 17.6. The summed E-state index contributed by atoms with van der Waals surface area (Å²) < 4.78 is 15.2. The zero-order valence-electron chi connectivity index (χ0n) is 17.7. The van der Waals surface area contributed by atoms with Gasteiger partial charge in [0.2, 0.25) is 5.82 Å². The molecule has 0 spiro atoms. The Kier molecular flexibility index (Phi) is 6.03. The molecule has 4 rings (SSSR count). The number of hydrogen-bond donors (Lipinski definition) is 1. The van der Waals surface area contributed by atoms with E-state index in [2.05, 4.69) is 68.3 Å². The zero-order valence-corrected chi connectivity index (χ0v) is 17.7. The highest BCUT2D eigenvalue weighted by atomic mass is 19.1. The van der Waals surface area contributed by atoms with E-state index < -0.39 is 0 Å². The lowest BCUT2D eigenvalue weighted by Crippen LogP contribution is -2.51. The molecule has 7 nitrogen and oxygen atoms in total. The van der Waals surface area contributed by atoms with Gasteiger partial charge in [-0.2, -0.15) is 5.21 Å². The zero-order chi connectivity index (χ0) is 21.1. The van der Waals surface area contributed by atoms with Crippen LogP contribution in [0, 0.1) is 11.7 Å². The average molecular weight is 410 g/mol. The Labute approximate surface area is 176 Å². The van der Waals surface area contributed by atoms with Gasteiger partial charge in [-0.05, 0) is 54.3 Å². The van der Waals surface area contributed by atoms with Gasteiger partial charge in [0.05, 0.1) is 16.9 Å². The van der Waals surface area contributed by atoms with Crippen molar-refractivity contribution in [2.75, 3.05) is 24.5 Å². The molecule has 0 bridgehead atoms. The molecule has 1 aliphatic rings. The summed E-state index contributed by atoms with van der Waals surface area (Å²) in [5.41, 5.74) is 3.32. The summed E-state index contributed by atoms with van der Waals surface area (Å²) in [5.74, 6) is 0.442. The highest BCUT2D eigenvalue weighted by Gasteiger charge is 2.28. The Balaban J connectivity index is 1.60. The number of anilines is 1. The Bertz CT molecular complexity index is 959. The third-order valence-corrected chi connectivity index (χ3v) is 5.54. The molecule has 3 heterocycles. The van der Waals surface area contributed by atoms with E-state index in [4.69, 9.17) is 0 Å². The molecule has 0 saturated carbocycles. The van der Waals surface area contributed by atoms with Crippen LogP contribution in [0.5, 0.6) is 0 Å². The number of halogens is 1. The standard InChI is InChI=1S/C22H28FN7/c1-15(2)10-17-11-19(23)21(22-25-27-28-26-22)20(12-17)30-9-8-29(16(3)13-30)14-18-6-4-5-7-24-18/h4-7,11-12,15-16H,8-10,13-14H2,1-3H3,(H,25,26,27,28)/t16-/m0/s1. The van der Waals surface area contributed by atoms with E-state index in [1.807, 2.05) is 18.3 Å². The van der Waals surface area contributed by atoms with Crippen molar-refractivity contribution >= 4 is 5.69 Å². The quantitative estimate of drug-likeness (QED) is 0.673. The molecule has 1 saturated heterocycles. The molecule has 0 amide bonds. The highest BCUT2D eigenvalue weighted by molar-refractivity contribution is 5.76. The van der Waals surface area contributed by atoms with Crippen LogP contribution in [0.25, 0.3) is 11.4 Å². The number of rotatable bonds is 6. The first-order chi connectivity index (χ1) is 14.5. The van der Waals surface area contributed by atoms with Crippen molar-refractivity contribution in [1.82, 2.24) is 30.5 Å².